The highest BCUT2D eigenvalue weighted by Gasteiger charge is 2.12. The maximum atomic E-state index is 13.6. The predicted octanol–water partition coefficient (Wildman–Crippen LogP) is 1.37. The minimum atomic E-state index is -0.247. The molecular formula is C11H10FN5S. The summed E-state index contributed by atoms with van der Waals surface area (Å²) in [6, 6.07) is 6.61. The Balaban J connectivity index is 2.00. The van der Waals surface area contributed by atoms with E-state index in [1.54, 1.807) is 22.7 Å². The summed E-state index contributed by atoms with van der Waals surface area (Å²) in [5.74, 6) is 0.370. The number of nitrogens with zero attached hydrogens (tertiary/aromatic N) is 4. The zero-order chi connectivity index (χ0) is 12.5. The average molecular weight is 263 g/mol. The lowest BCUT2D eigenvalue weighted by Crippen LogP contribution is -2.01. The number of fused-ring (bicyclic) bond motifs is 1. The van der Waals surface area contributed by atoms with Crippen molar-refractivity contribution in [3.8, 4) is 0 Å². The number of rotatable bonds is 3. The maximum Gasteiger partial charge on any atom is 0.234 e. The second kappa shape index (κ2) is 4.43. The summed E-state index contributed by atoms with van der Waals surface area (Å²) < 4.78 is 15.2. The number of halogens is 1. The predicted molar refractivity (Wildman–Crippen MR) is 65.8 cm³/mol. The van der Waals surface area contributed by atoms with E-state index < -0.39 is 0 Å². The molecule has 0 fully saturated rings. The molecule has 2 aromatic heterocycles. The fourth-order valence-corrected chi connectivity index (χ4v) is 2.43. The van der Waals surface area contributed by atoms with E-state index in [-0.39, 0.29) is 5.82 Å². The molecular weight excluding hydrogens is 253 g/mol. The zero-order valence-corrected chi connectivity index (χ0v) is 10.2. The molecule has 0 aliphatic rings. The summed E-state index contributed by atoms with van der Waals surface area (Å²) >= 11 is 1.39. The van der Waals surface area contributed by atoms with E-state index in [2.05, 4.69) is 15.3 Å². The molecule has 0 amide bonds. The highest BCUT2D eigenvalue weighted by Crippen LogP contribution is 2.16. The molecule has 0 unspecified atom stereocenters. The molecule has 0 spiro atoms. The largest absolute Gasteiger partial charge is 0.324 e. The van der Waals surface area contributed by atoms with Crippen molar-refractivity contribution >= 4 is 16.3 Å². The molecule has 18 heavy (non-hydrogen) atoms. The van der Waals surface area contributed by atoms with Crippen LogP contribution in [0, 0.1) is 5.82 Å². The minimum Gasteiger partial charge on any atom is -0.324 e. The Morgan fingerprint density at radius 1 is 1.28 bits per heavy atom. The molecule has 7 heteroatoms. The van der Waals surface area contributed by atoms with Crippen LogP contribution in [0.15, 0.2) is 24.3 Å². The van der Waals surface area contributed by atoms with E-state index in [1.807, 2.05) is 0 Å². The Hall–Kier alpha value is -1.86. The summed E-state index contributed by atoms with van der Waals surface area (Å²) in [6.45, 7) is 0.368. The number of hydrogen-bond acceptors (Lipinski definition) is 5. The molecule has 0 aliphatic carbocycles. The lowest BCUT2D eigenvalue weighted by Gasteiger charge is -1.99. The highest BCUT2D eigenvalue weighted by molar-refractivity contribution is 7.16. The fraction of sp³-hybridized carbons (Fsp3) is 0.182. The number of hydrogen-bond donors (Lipinski definition) is 1. The summed E-state index contributed by atoms with van der Waals surface area (Å²) in [5, 5.41) is 13.1. The van der Waals surface area contributed by atoms with Gasteiger partial charge in [-0.1, -0.05) is 29.5 Å². The van der Waals surface area contributed by atoms with E-state index in [0.717, 1.165) is 5.01 Å². The molecule has 0 atom stereocenters. The van der Waals surface area contributed by atoms with Crippen LogP contribution in [0.25, 0.3) is 4.96 Å². The molecule has 1 aromatic carbocycles. The first-order valence-electron chi connectivity index (χ1n) is 5.41. The van der Waals surface area contributed by atoms with Gasteiger partial charge >= 0.3 is 0 Å². The molecule has 0 bridgehead atoms. The van der Waals surface area contributed by atoms with Gasteiger partial charge in [0.1, 0.15) is 10.8 Å². The van der Waals surface area contributed by atoms with Crippen molar-refractivity contribution in [2.75, 3.05) is 0 Å². The van der Waals surface area contributed by atoms with Gasteiger partial charge in [-0.05, 0) is 11.6 Å². The van der Waals surface area contributed by atoms with E-state index in [4.69, 9.17) is 5.73 Å². The Labute approximate surface area is 106 Å². The van der Waals surface area contributed by atoms with Crippen molar-refractivity contribution in [2.24, 2.45) is 5.73 Å². The van der Waals surface area contributed by atoms with Crippen LogP contribution >= 0.6 is 11.3 Å². The van der Waals surface area contributed by atoms with Crippen LogP contribution in [0.5, 0.6) is 0 Å². The molecule has 2 heterocycles. The third-order valence-corrected chi connectivity index (χ3v) is 3.50. The summed E-state index contributed by atoms with van der Waals surface area (Å²) in [4.78, 5) is 0.682. The Bertz CT molecular complexity index is 690. The summed E-state index contributed by atoms with van der Waals surface area (Å²) in [6.07, 6.45) is 0.363. The molecule has 3 aromatic rings. The normalized spacial score (nSPS) is 11.2. The van der Waals surface area contributed by atoms with Crippen LogP contribution in [-0.2, 0) is 13.0 Å². The van der Waals surface area contributed by atoms with Gasteiger partial charge in [-0.3, -0.25) is 0 Å². The molecule has 5 nitrogen and oxygen atoms in total. The number of nitrogens with two attached hydrogens (primary N) is 1. The van der Waals surface area contributed by atoms with Crippen LogP contribution in [0.2, 0.25) is 0 Å². The van der Waals surface area contributed by atoms with Gasteiger partial charge in [0.05, 0.1) is 0 Å². The van der Waals surface area contributed by atoms with Crippen molar-refractivity contribution in [1.82, 2.24) is 19.8 Å². The van der Waals surface area contributed by atoms with Crippen molar-refractivity contribution in [3.05, 3.63) is 46.5 Å². The van der Waals surface area contributed by atoms with E-state index in [0.29, 0.717) is 29.3 Å². The van der Waals surface area contributed by atoms with Crippen LogP contribution < -0.4 is 5.73 Å². The summed E-state index contributed by atoms with van der Waals surface area (Å²) in [5.41, 5.74) is 6.10. The van der Waals surface area contributed by atoms with Crippen molar-refractivity contribution in [1.29, 1.82) is 0 Å². The third-order valence-electron chi connectivity index (χ3n) is 2.58. The average Bonchev–Trinajstić information content (AvgIpc) is 2.93. The first kappa shape index (κ1) is 11.2. The molecule has 0 aliphatic heterocycles. The lowest BCUT2D eigenvalue weighted by molar-refractivity contribution is 0.611. The number of aromatic nitrogens is 4. The standard InChI is InChI=1S/C11H10FN5S/c12-8-4-2-1-3-7(8)5-9-14-15-11-17(9)16-10(6-13)18-11/h1-4H,5-6,13H2. The Morgan fingerprint density at radius 2 is 2.11 bits per heavy atom. The van der Waals surface area contributed by atoms with E-state index in [1.165, 1.54) is 17.4 Å². The first-order valence-corrected chi connectivity index (χ1v) is 6.23. The monoisotopic (exact) mass is 263 g/mol. The van der Waals surface area contributed by atoms with Crippen LogP contribution in [0.3, 0.4) is 0 Å². The van der Waals surface area contributed by atoms with Gasteiger partial charge in [0.15, 0.2) is 5.82 Å². The molecule has 0 saturated carbocycles. The first-order chi connectivity index (χ1) is 8.78. The molecule has 0 radical (unpaired) electrons. The topological polar surface area (TPSA) is 69.1 Å². The Morgan fingerprint density at radius 3 is 2.89 bits per heavy atom. The molecule has 92 valence electrons. The molecule has 0 saturated heterocycles. The van der Waals surface area contributed by atoms with Gasteiger partial charge in [0, 0.05) is 13.0 Å². The number of benzene rings is 1. The van der Waals surface area contributed by atoms with Gasteiger partial charge in [-0.15, -0.1) is 10.2 Å². The van der Waals surface area contributed by atoms with Crippen LogP contribution in [0.4, 0.5) is 4.39 Å². The smallest absolute Gasteiger partial charge is 0.234 e. The summed E-state index contributed by atoms with van der Waals surface area (Å²) in [7, 11) is 0. The molecule has 2 N–H and O–H groups in total. The second-order valence-corrected chi connectivity index (χ2v) is 4.82. The van der Waals surface area contributed by atoms with E-state index in [9.17, 15) is 4.39 Å². The maximum absolute atomic E-state index is 13.6. The van der Waals surface area contributed by atoms with Crippen molar-refractivity contribution in [2.45, 2.75) is 13.0 Å². The Kier molecular flexibility index (Phi) is 2.77. The molecule has 3 rings (SSSR count). The van der Waals surface area contributed by atoms with Gasteiger partial charge in [0.25, 0.3) is 0 Å². The minimum absolute atomic E-state index is 0.247. The lowest BCUT2D eigenvalue weighted by atomic mass is 10.1. The second-order valence-electron chi connectivity index (χ2n) is 3.78. The quantitative estimate of drug-likeness (QED) is 0.775. The zero-order valence-electron chi connectivity index (χ0n) is 9.38. The highest BCUT2D eigenvalue weighted by atomic mass is 32.1. The SMILES string of the molecule is NCc1nn2c(Cc3ccccc3F)nnc2s1. The van der Waals surface area contributed by atoms with Crippen LogP contribution in [-0.4, -0.2) is 19.8 Å². The van der Waals surface area contributed by atoms with Crippen LogP contribution in [0.1, 0.15) is 16.4 Å². The third kappa shape index (κ3) is 1.87. The van der Waals surface area contributed by atoms with Gasteiger partial charge in [-0.2, -0.15) is 9.61 Å². The van der Waals surface area contributed by atoms with E-state index >= 15 is 0 Å². The van der Waals surface area contributed by atoms with Gasteiger partial charge in [0.2, 0.25) is 4.96 Å². The van der Waals surface area contributed by atoms with Crippen molar-refractivity contribution in [3.63, 3.8) is 0 Å². The van der Waals surface area contributed by atoms with Gasteiger partial charge in [-0.25, -0.2) is 4.39 Å². The fourth-order valence-electron chi connectivity index (χ4n) is 1.70. The van der Waals surface area contributed by atoms with Gasteiger partial charge < -0.3 is 5.73 Å². The van der Waals surface area contributed by atoms with Crippen molar-refractivity contribution < 1.29 is 4.39 Å².